The number of amides is 1. The number of nitrogens with zero attached hydrogens (tertiary/aromatic N) is 2. The molecule has 1 heterocycles. The van der Waals surface area contributed by atoms with E-state index in [1.807, 2.05) is 44.4 Å². The number of rotatable bonds is 4. The predicted molar refractivity (Wildman–Crippen MR) is 102 cm³/mol. The molecule has 4 nitrogen and oxygen atoms in total. The smallest absolute Gasteiger partial charge is 0.262 e. The van der Waals surface area contributed by atoms with Gasteiger partial charge in [0.25, 0.3) is 5.91 Å². The monoisotopic (exact) mass is 375 g/mol. The van der Waals surface area contributed by atoms with E-state index in [9.17, 15) is 10.1 Å². The van der Waals surface area contributed by atoms with Crippen LogP contribution in [-0.4, -0.2) is 16.5 Å². The second-order valence-electron chi connectivity index (χ2n) is 6.06. The third-order valence-electron chi connectivity index (χ3n) is 3.70. The van der Waals surface area contributed by atoms with Crippen LogP contribution in [0.1, 0.15) is 30.8 Å². The molecule has 0 saturated heterocycles. The third kappa shape index (κ3) is 4.25. The summed E-state index contributed by atoms with van der Waals surface area (Å²) >= 11 is 12.4. The van der Waals surface area contributed by atoms with Crippen LogP contribution in [0.25, 0.3) is 11.8 Å². The van der Waals surface area contributed by atoms with Gasteiger partial charge in [0.15, 0.2) is 0 Å². The molecule has 0 bridgehead atoms. The molecule has 0 atom stereocenters. The highest BCUT2D eigenvalue weighted by Gasteiger charge is 2.15. The fourth-order valence-electron chi connectivity index (χ4n) is 2.61. The second-order valence-corrected chi connectivity index (χ2v) is 6.90. The number of nitriles is 1. The van der Waals surface area contributed by atoms with Crippen molar-refractivity contribution in [3.8, 4) is 11.8 Å². The van der Waals surface area contributed by atoms with Gasteiger partial charge < -0.3 is 9.88 Å². The zero-order valence-corrected chi connectivity index (χ0v) is 16.0. The molecule has 0 unspecified atom stereocenters. The minimum atomic E-state index is -0.386. The summed E-state index contributed by atoms with van der Waals surface area (Å²) in [7, 11) is 0. The van der Waals surface area contributed by atoms with Crippen molar-refractivity contribution in [2.24, 2.45) is 0 Å². The van der Waals surface area contributed by atoms with Gasteiger partial charge in [-0.3, -0.25) is 4.79 Å². The molecule has 0 spiro atoms. The molecular weight excluding hydrogens is 357 g/mol. The standard InChI is InChI=1S/C19H19Cl2N3O/c1-11(2)23-19(25)15(10-22)8-14-7-12(3)24(13(14)4)18-9-16(20)5-6-17(18)21/h5-9,11H,1-4H3,(H,23,25)/b15-8-. The Balaban J connectivity index is 2.53. The van der Waals surface area contributed by atoms with Crippen molar-refractivity contribution in [3.05, 3.63) is 56.8 Å². The van der Waals surface area contributed by atoms with Crippen molar-refractivity contribution in [2.45, 2.75) is 33.7 Å². The molecule has 1 aromatic heterocycles. The van der Waals surface area contributed by atoms with Crippen LogP contribution in [0.5, 0.6) is 0 Å². The highest BCUT2D eigenvalue weighted by molar-refractivity contribution is 6.34. The van der Waals surface area contributed by atoms with E-state index < -0.39 is 0 Å². The highest BCUT2D eigenvalue weighted by Crippen LogP contribution is 2.29. The largest absolute Gasteiger partial charge is 0.349 e. The number of nitrogens with one attached hydrogen (secondary N) is 1. The Morgan fingerprint density at radius 2 is 1.96 bits per heavy atom. The van der Waals surface area contributed by atoms with Crippen molar-refractivity contribution in [1.82, 2.24) is 9.88 Å². The van der Waals surface area contributed by atoms with Crippen molar-refractivity contribution < 1.29 is 4.79 Å². The minimum Gasteiger partial charge on any atom is -0.349 e. The van der Waals surface area contributed by atoms with Gasteiger partial charge in [-0.05, 0) is 63.6 Å². The maximum absolute atomic E-state index is 12.1. The Morgan fingerprint density at radius 1 is 1.28 bits per heavy atom. The molecule has 0 aliphatic carbocycles. The van der Waals surface area contributed by atoms with Crippen molar-refractivity contribution >= 4 is 35.2 Å². The first-order valence-electron chi connectivity index (χ1n) is 7.81. The van der Waals surface area contributed by atoms with Crippen LogP contribution in [0.4, 0.5) is 0 Å². The molecule has 2 rings (SSSR count). The first-order valence-corrected chi connectivity index (χ1v) is 8.57. The van der Waals surface area contributed by atoms with Crippen molar-refractivity contribution in [1.29, 1.82) is 5.26 Å². The van der Waals surface area contributed by atoms with Gasteiger partial charge in [-0.2, -0.15) is 5.26 Å². The molecule has 0 aliphatic rings. The zero-order valence-electron chi connectivity index (χ0n) is 14.5. The highest BCUT2D eigenvalue weighted by atomic mass is 35.5. The molecule has 25 heavy (non-hydrogen) atoms. The summed E-state index contributed by atoms with van der Waals surface area (Å²) in [5.41, 5.74) is 3.39. The Morgan fingerprint density at radius 3 is 2.56 bits per heavy atom. The SMILES string of the molecule is Cc1cc(/C=C(/C#N)C(=O)NC(C)C)c(C)n1-c1cc(Cl)ccc1Cl. The third-order valence-corrected chi connectivity index (χ3v) is 4.26. The molecular formula is C19H19Cl2N3O. The van der Waals surface area contributed by atoms with E-state index in [0.29, 0.717) is 10.0 Å². The summed E-state index contributed by atoms with van der Waals surface area (Å²) in [4.78, 5) is 12.1. The van der Waals surface area contributed by atoms with Crippen molar-refractivity contribution in [2.75, 3.05) is 0 Å². The first-order chi connectivity index (χ1) is 11.7. The quantitative estimate of drug-likeness (QED) is 0.614. The minimum absolute atomic E-state index is 0.0399. The summed E-state index contributed by atoms with van der Waals surface area (Å²) in [6.07, 6.45) is 1.59. The molecule has 130 valence electrons. The first kappa shape index (κ1) is 19.1. The van der Waals surface area contributed by atoms with Gasteiger partial charge in [0.05, 0.1) is 10.7 Å². The average Bonchev–Trinajstić information content (AvgIpc) is 2.80. The number of hydrogen-bond acceptors (Lipinski definition) is 2. The lowest BCUT2D eigenvalue weighted by Gasteiger charge is -2.12. The van der Waals surface area contributed by atoms with E-state index >= 15 is 0 Å². The number of halogens is 2. The maximum Gasteiger partial charge on any atom is 0.262 e. The van der Waals surface area contributed by atoms with E-state index in [1.165, 1.54) is 0 Å². The molecule has 1 aromatic carbocycles. The molecule has 1 N–H and O–H groups in total. The topological polar surface area (TPSA) is 57.8 Å². The second kappa shape index (κ2) is 7.77. The van der Waals surface area contributed by atoms with E-state index in [-0.39, 0.29) is 17.5 Å². The molecule has 1 amide bonds. The Labute approximate surface area is 157 Å². The van der Waals surface area contributed by atoms with Crippen LogP contribution < -0.4 is 5.32 Å². The van der Waals surface area contributed by atoms with Gasteiger partial charge >= 0.3 is 0 Å². The number of benzene rings is 1. The average molecular weight is 376 g/mol. The number of aromatic nitrogens is 1. The Bertz CT molecular complexity index is 889. The van der Waals surface area contributed by atoms with Gasteiger partial charge in [-0.15, -0.1) is 0 Å². The van der Waals surface area contributed by atoms with E-state index in [4.69, 9.17) is 23.2 Å². The molecule has 0 fully saturated rings. The molecule has 0 saturated carbocycles. The molecule has 0 aliphatic heterocycles. The number of carbonyl (C=O) groups is 1. The van der Waals surface area contributed by atoms with Gasteiger partial charge in [-0.1, -0.05) is 23.2 Å². The maximum atomic E-state index is 12.1. The van der Waals surface area contributed by atoms with Crippen LogP contribution in [0.2, 0.25) is 10.0 Å². The summed E-state index contributed by atoms with van der Waals surface area (Å²) < 4.78 is 1.95. The summed E-state index contributed by atoms with van der Waals surface area (Å²) in [6.45, 7) is 7.53. The fourth-order valence-corrected chi connectivity index (χ4v) is 2.97. The summed E-state index contributed by atoms with van der Waals surface area (Å²) in [5, 5.41) is 13.2. The van der Waals surface area contributed by atoms with Crippen molar-refractivity contribution in [3.63, 3.8) is 0 Å². The molecule has 2 aromatic rings. The number of aryl methyl sites for hydroxylation is 1. The molecule has 0 radical (unpaired) electrons. The zero-order chi connectivity index (χ0) is 18.7. The van der Waals surface area contributed by atoms with E-state index in [0.717, 1.165) is 22.6 Å². The number of carbonyl (C=O) groups excluding carboxylic acids is 1. The normalized spacial score (nSPS) is 11.5. The summed E-state index contributed by atoms with van der Waals surface area (Å²) in [6, 6.07) is 9.09. The Hall–Kier alpha value is -2.22. The lowest BCUT2D eigenvalue weighted by atomic mass is 10.1. The lowest BCUT2D eigenvalue weighted by molar-refractivity contribution is -0.117. The van der Waals surface area contributed by atoms with Crippen LogP contribution in [0.3, 0.4) is 0 Å². The van der Waals surface area contributed by atoms with Crippen LogP contribution in [0.15, 0.2) is 29.8 Å². The van der Waals surface area contributed by atoms with Crippen LogP contribution in [-0.2, 0) is 4.79 Å². The van der Waals surface area contributed by atoms with Gasteiger partial charge in [0, 0.05) is 22.5 Å². The summed E-state index contributed by atoms with van der Waals surface area (Å²) in [5.74, 6) is -0.386. The van der Waals surface area contributed by atoms with Gasteiger partial charge in [0.2, 0.25) is 0 Å². The van der Waals surface area contributed by atoms with E-state index in [1.54, 1.807) is 24.3 Å². The fraction of sp³-hybridized carbons (Fsp3) is 0.263. The Kier molecular flexibility index (Phi) is 5.94. The number of hydrogen-bond donors (Lipinski definition) is 1. The van der Waals surface area contributed by atoms with Gasteiger partial charge in [-0.25, -0.2) is 0 Å². The predicted octanol–water partition coefficient (Wildman–Crippen LogP) is 4.83. The lowest BCUT2D eigenvalue weighted by Crippen LogP contribution is -2.30. The van der Waals surface area contributed by atoms with E-state index in [2.05, 4.69) is 5.32 Å². The van der Waals surface area contributed by atoms with Gasteiger partial charge in [0.1, 0.15) is 11.6 Å². The molecule has 6 heteroatoms. The van der Waals surface area contributed by atoms with Crippen LogP contribution >= 0.6 is 23.2 Å². The van der Waals surface area contributed by atoms with Crippen LogP contribution in [0, 0.1) is 25.2 Å².